The lowest BCUT2D eigenvalue weighted by atomic mass is 9.98. The second-order valence-corrected chi connectivity index (χ2v) is 6.69. The van der Waals surface area contributed by atoms with Crippen molar-refractivity contribution in [2.45, 2.75) is 57.5 Å². The van der Waals surface area contributed by atoms with E-state index in [9.17, 15) is 4.79 Å². The Morgan fingerprint density at radius 1 is 1.21 bits per heavy atom. The molecule has 1 fully saturated rings. The molecule has 0 bridgehead atoms. The Morgan fingerprint density at radius 3 is 2.92 bits per heavy atom. The van der Waals surface area contributed by atoms with E-state index < -0.39 is 0 Å². The summed E-state index contributed by atoms with van der Waals surface area (Å²) in [7, 11) is 0. The Balaban J connectivity index is 1.30. The quantitative estimate of drug-likeness (QED) is 0.721. The fourth-order valence-corrected chi connectivity index (χ4v) is 3.46. The highest BCUT2D eigenvalue weighted by molar-refractivity contribution is 5.84. The number of carbonyl (C=O) groups is 1. The third-order valence-corrected chi connectivity index (χ3v) is 4.85. The number of aryl methyl sites for hydroxylation is 1. The lowest BCUT2D eigenvalue weighted by Gasteiger charge is -2.21. The number of nitrogens with one attached hydrogen (secondary N) is 2. The molecule has 0 saturated heterocycles. The number of carbonyl (C=O) groups excluding carboxylic acids is 1. The van der Waals surface area contributed by atoms with Crippen LogP contribution in [0.1, 0.15) is 50.5 Å². The summed E-state index contributed by atoms with van der Waals surface area (Å²) in [6, 6.07) is 8.21. The van der Waals surface area contributed by atoms with E-state index in [-0.39, 0.29) is 5.91 Å². The fourth-order valence-electron chi connectivity index (χ4n) is 3.46. The summed E-state index contributed by atoms with van der Waals surface area (Å²) in [6.07, 6.45) is 11.0. The molecule has 2 N–H and O–H groups in total. The monoisotopic (exact) mass is 328 g/mol. The van der Waals surface area contributed by atoms with Gasteiger partial charge < -0.3 is 15.0 Å². The van der Waals surface area contributed by atoms with Crippen LogP contribution in [0.5, 0.6) is 0 Å². The molecule has 2 aromatic rings. The molecule has 0 radical (unpaired) electrons. The highest BCUT2D eigenvalue weighted by Crippen LogP contribution is 2.20. The largest absolute Gasteiger partial charge is 0.378 e. The van der Waals surface area contributed by atoms with Crippen LogP contribution in [0.4, 0.5) is 0 Å². The molecule has 1 aromatic heterocycles. The number of rotatable bonds is 8. The molecule has 4 heteroatoms. The molecular weight excluding hydrogens is 300 g/mol. The Labute approximate surface area is 144 Å². The number of aromatic amines is 1. The van der Waals surface area contributed by atoms with Crippen LogP contribution in [-0.2, 0) is 16.0 Å². The van der Waals surface area contributed by atoms with Gasteiger partial charge in [0.1, 0.15) is 0 Å². The summed E-state index contributed by atoms with van der Waals surface area (Å²) in [4.78, 5) is 15.2. The Bertz CT molecular complexity index is 644. The van der Waals surface area contributed by atoms with Crippen molar-refractivity contribution in [3.63, 3.8) is 0 Å². The molecule has 4 nitrogen and oxygen atoms in total. The van der Waals surface area contributed by atoms with Crippen LogP contribution in [0.15, 0.2) is 30.5 Å². The lowest BCUT2D eigenvalue weighted by Crippen LogP contribution is -2.26. The lowest BCUT2D eigenvalue weighted by molar-refractivity contribution is -0.121. The van der Waals surface area contributed by atoms with Crippen molar-refractivity contribution in [1.29, 1.82) is 0 Å². The summed E-state index contributed by atoms with van der Waals surface area (Å²) in [6.45, 7) is 1.47. The van der Waals surface area contributed by atoms with Crippen molar-refractivity contribution >= 4 is 16.8 Å². The van der Waals surface area contributed by atoms with Gasteiger partial charge in [0.25, 0.3) is 0 Å². The molecule has 24 heavy (non-hydrogen) atoms. The van der Waals surface area contributed by atoms with Crippen molar-refractivity contribution < 1.29 is 9.53 Å². The Morgan fingerprint density at radius 2 is 2.04 bits per heavy atom. The van der Waals surface area contributed by atoms with Gasteiger partial charge in [-0.15, -0.1) is 0 Å². The maximum Gasteiger partial charge on any atom is 0.220 e. The van der Waals surface area contributed by atoms with Gasteiger partial charge in [-0.3, -0.25) is 4.79 Å². The summed E-state index contributed by atoms with van der Waals surface area (Å²) in [5.41, 5.74) is 2.34. The maximum atomic E-state index is 12.0. The number of aromatic nitrogens is 1. The van der Waals surface area contributed by atoms with Crippen molar-refractivity contribution in [1.82, 2.24) is 10.3 Å². The van der Waals surface area contributed by atoms with E-state index in [2.05, 4.69) is 22.4 Å². The van der Waals surface area contributed by atoms with Gasteiger partial charge in [0.05, 0.1) is 6.10 Å². The number of fused-ring (bicyclic) bond motifs is 1. The summed E-state index contributed by atoms with van der Waals surface area (Å²) < 4.78 is 5.88. The molecule has 1 aromatic carbocycles. The minimum atomic E-state index is 0.123. The van der Waals surface area contributed by atoms with Crippen molar-refractivity contribution in [3.8, 4) is 0 Å². The molecule has 0 aliphatic heterocycles. The van der Waals surface area contributed by atoms with E-state index in [4.69, 9.17) is 4.74 Å². The van der Waals surface area contributed by atoms with Gasteiger partial charge in [-0.25, -0.2) is 0 Å². The predicted octanol–water partition coefficient (Wildman–Crippen LogP) is 3.96. The maximum absolute atomic E-state index is 12.0. The molecular formula is C20H28N2O2. The summed E-state index contributed by atoms with van der Waals surface area (Å²) >= 11 is 0. The van der Waals surface area contributed by atoms with Gasteiger partial charge in [0, 0.05) is 36.7 Å². The Kier molecular flexibility index (Phi) is 6.30. The van der Waals surface area contributed by atoms with Gasteiger partial charge in [-0.2, -0.15) is 0 Å². The smallest absolute Gasteiger partial charge is 0.220 e. The highest BCUT2D eigenvalue weighted by atomic mass is 16.5. The normalized spacial score (nSPS) is 15.7. The van der Waals surface area contributed by atoms with E-state index in [1.807, 2.05) is 18.3 Å². The van der Waals surface area contributed by atoms with Crippen molar-refractivity contribution in [3.05, 3.63) is 36.0 Å². The molecule has 1 aliphatic carbocycles. The molecule has 1 aliphatic rings. The number of ether oxygens (including phenoxy) is 1. The van der Waals surface area contributed by atoms with Crippen LogP contribution in [-0.4, -0.2) is 30.1 Å². The third kappa shape index (κ3) is 4.84. The molecule has 1 amide bonds. The van der Waals surface area contributed by atoms with Gasteiger partial charge in [0.2, 0.25) is 5.91 Å². The number of benzene rings is 1. The van der Waals surface area contributed by atoms with E-state index in [0.29, 0.717) is 19.1 Å². The van der Waals surface area contributed by atoms with Gasteiger partial charge in [-0.1, -0.05) is 37.5 Å². The van der Waals surface area contributed by atoms with Crippen LogP contribution in [0.3, 0.4) is 0 Å². The zero-order valence-corrected chi connectivity index (χ0v) is 14.4. The van der Waals surface area contributed by atoms with Crippen LogP contribution >= 0.6 is 0 Å². The van der Waals surface area contributed by atoms with Crippen LogP contribution in [0, 0.1) is 0 Å². The molecule has 1 saturated carbocycles. The second-order valence-electron chi connectivity index (χ2n) is 6.69. The molecule has 0 atom stereocenters. The molecule has 0 spiro atoms. The minimum Gasteiger partial charge on any atom is -0.378 e. The molecule has 0 unspecified atom stereocenters. The molecule has 3 rings (SSSR count). The van der Waals surface area contributed by atoms with Gasteiger partial charge in [0.15, 0.2) is 0 Å². The van der Waals surface area contributed by atoms with Crippen LogP contribution in [0.25, 0.3) is 10.9 Å². The fraction of sp³-hybridized carbons (Fsp3) is 0.550. The zero-order chi connectivity index (χ0) is 16.6. The summed E-state index contributed by atoms with van der Waals surface area (Å²) in [5, 5.41) is 4.22. The standard InChI is InChI=1S/C20H28N2O2/c23-20(21-13-6-14-24-17-7-2-1-3-8-17)12-11-16-15-22-19-10-5-4-9-18(16)19/h4-5,9-10,15,17,22H,1-3,6-8,11-14H2,(H,21,23). The number of amides is 1. The average Bonchev–Trinajstić information content (AvgIpc) is 3.04. The van der Waals surface area contributed by atoms with Crippen molar-refractivity contribution in [2.75, 3.05) is 13.2 Å². The number of H-pyrrole nitrogens is 1. The zero-order valence-electron chi connectivity index (χ0n) is 14.4. The Hall–Kier alpha value is -1.81. The highest BCUT2D eigenvalue weighted by Gasteiger charge is 2.13. The first-order valence-electron chi connectivity index (χ1n) is 9.26. The van der Waals surface area contributed by atoms with Gasteiger partial charge >= 0.3 is 0 Å². The van der Waals surface area contributed by atoms with Crippen LogP contribution in [0.2, 0.25) is 0 Å². The first kappa shape index (κ1) is 17.0. The van der Waals surface area contributed by atoms with E-state index >= 15 is 0 Å². The van der Waals surface area contributed by atoms with E-state index in [0.717, 1.165) is 25.0 Å². The first-order valence-corrected chi connectivity index (χ1v) is 9.26. The second kappa shape index (κ2) is 8.88. The molecule has 130 valence electrons. The van der Waals surface area contributed by atoms with Gasteiger partial charge in [-0.05, 0) is 37.3 Å². The SMILES string of the molecule is O=C(CCc1c[nH]c2ccccc12)NCCCOC1CCCCC1. The number of para-hydroxylation sites is 1. The number of hydrogen-bond donors (Lipinski definition) is 2. The van der Waals surface area contributed by atoms with E-state index in [1.165, 1.54) is 43.1 Å². The number of hydrogen-bond acceptors (Lipinski definition) is 2. The van der Waals surface area contributed by atoms with E-state index in [1.54, 1.807) is 0 Å². The first-order chi connectivity index (χ1) is 11.8. The summed E-state index contributed by atoms with van der Waals surface area (Å²) in [5.74, 6) is 0.123. The molecule has 1 heterocycles. The topological polar surface area (TPSA) is 54.1 Å². The third-order valence-electron chi connectivity index (χ3n) is 4.85. The predicted molar refractivity (Wildman–Crippen MR) is 97.1 cm³/mol. The average molecular weight is 328 g/mol. The van der Waals surface area contributed by atoms with Crippen LogP contribution < -0.4 is 5.32 Å². The van der Waals surface area contributed by atoms with Crippen molar-refractivity contribution in [2.24, 2.45) is 0 Å². The minimum absolute atomic E-state index is 0.123.